The van der Waals surface area contributed by atoms with E-state index in [1.165, 1.54) is 4.68 Å². The fourth-order valence-corrected chi connectivity index (χ4v) is 4.56. The highest BCUT2D eigenvalue weighted by molar-refractivity contribution is 5.99. The van der Waals surface area contributed by atoms with Gasteiger partial charge in [-0.2, -0.15) is 5.10 Å². The zero-order valence-electron chi connectivity index (χ0n) is 20.6. The molecular formula is C25H33N5O5. The van der Waals surface area contributed by atoms with Gasteiger partial charge in [-0.25, -0.2) is 4.68 Å². The van der Waals surface area contributed by atoms with Gasteiger partial charge in [0.2, 0.25) is 5.91 Å². The number of imide groups is 1. The second kappa shape index (κ2) is 10.2. The number of amides is 2. The molecule has 2 aliphatic heterocycles. The van der Waals surface area contributed by atoms with Crippen LogP contribution in [-0.4, -0.2) is 70.8 Å². The Balaban J connectivity index is 1.35. The zero-order chi connectivity index (χ0) is 25.2. The topological polar surface area (TPSA) is 114 Å². The van der Waals surface area contributed by atoms with Crippen LogP contribution in [0.1, 0.15) is 52.5 Å². The summed E-state index contributed by atoms with van der Waals surface area (Å²) in [5, 5.41) is 7.73. The summed E-state index contributed by atoms with van der Waals surface area (Å²) in [6.45, 7) is 9.96. The molecule has 2 fully saturated rings. The lowest BCUT2D eigenvalue weighted by Gasteiger charge is -2.36. The number of carbonyl (C=O) groups excluding carboxylic acids is 3. The number of carbonyl (C=O) groups is 3. The molecule has 2 aromatic rings. The van der Waals surface area contributed by atoms with Crippen LogP contribution in [0.4, 0.5) is 5.69 Å². The lowest BCUT2D eigenvalue weighted by atomic mass is 10.1. The minimum Gasteiger partial charge on any atom is -0.460 e. The molecule has 2 saturated heterocycles. The maximum absolute atomic E-state index is 13.0. The van der Waals surface area contributed by atoms with Gasteiger partial charge in [0.15, 0.2) is 0 Å². The molecule has 1 aromatic heterocycles. The number of nitrogens with one attached hydrogen (secondary N) is 1. The van der Waals surface area contributed by atoms with Gasteiger partial charge in [0.1, 0.15) is 11.6 Å². The highest BCUT2D eigenvalue weighted by atomic mass is 16.6. The number of anilines is 1. The summed E-state index contributed by atoms with van der Waals surface area (Å²) < 4.78 is 6.55. The Labute approximate surface area is 204 Å². The Morgan fingerprint density at radius 3 is 2.57 bits per heavy atom. The Kier molecular flexibility index (Phi) is 7.20. The summed E-state index contributed by atoms with van der Waals surface area (Å²) >= 11 is 0. The molecule has 1 aromatic carbocycles. The molecule has 1 N–H and O–H groups in total. The van der Waals surface area contributed by atoms with Crippen molar-refractivity contribution in [3.63, 3.8) is 0 Å². The third-order valence-corrected chi connectivity index (χ3v) is 6.31. The summed E-state index contributed by atoms with van der Waals surface area (Å²) in [6, 6.07) is 4.89. The van der Waals surface area contributed by atoms with Crippen molar-refractivity contribution in [2.45, 2.75) is 58.1 Å². The minimum atomic E-state index is -0.771. The average molecular weight is 484 g/mol. The quantitative estimate of drug-likeness (QED) is 0.487. The van der Waals surface area contributed by atoms with Crippen LogP contribution >= 0.6 is 0 Å². The van der Waals surface area contributed by atoms with E-state index in [4.69, 9.17) is 4.74 Å². The minimum absolute atomic E-state index is 0.155. The smallest absolute Gasteiger partial charge is 0.306 e. The summed E-state index contributed by atoms with van der Waals surface area (Å²) in [4.78, 5) is 53.1. The zero-order valence-corrected chi connectivity index (χ0v) is 20.6. The molecule has 3 heterocycles. The number of hydrogen-bond donors (Lipinski definition) is 1. The first-order chi connectivity index (χ1) is 16.6. The Bertz CT molecular complexity index is 1180. The molecule has 10 heteroatoms. The van der Waals surface area contributed by atoms with E-state index in [2.05, 4.69) is 20.2 Å². The number of ether oxygens (including phenoxy) is 1. The molecule has 1 unspecified atom stereocenters. The molecule has 0 bridgehead atoms. The lowest BCUT2D eigenvalue weighted by Crippen LogP contribution is -2.46. The SMILES string of the molecule is CC(C)(C)OC(=O)CCCN1CCN(c2ccc3c(=O)n(C4CCC(=O)NC4=O)ncc3c2)CC1. The number of hydrogen-bond acceptors (Lipinski definition) is 8. The van der Waals surface area contributed by atoms with E-state index in [1.807, 2.05) is 32.9 Å². The Hall–Kier alpha value is -3.27. The van der Waals surface area contributed by atoms with E-state index < -0.39 is 17.6 Å². The monoisotopic (exact) mass is 483 g/mol. The summed E-state index contributed by atoms with van der Waals surface area (Å²) in [5.41, 5.74) is 0.236. The van der Waals surface area contributed by atoms with Crippen molar-refractivity contribution >= 4 is 34.2 Å². The molecule has 1 atom stereocenters. The first-order valence-electron chi connectivity index (χ1n) is 12.2. The van der Waals surface area contributed by atoms with Crippen molar-refractivity contribution in [1.29, 1.82) is 0 Å². The van der Waals surface area contributed by atoms with Crippen molar-refractivity contribution in [3.8, 4) is 0 Å². The van der Waals surface area contributed by atoms with Crippen LogP contribution in [0.2, 0.25) is 0 Å². The van der Waals surface area contributed by atoms with Crippen molar-refractivity contribution in [3.05, 3.63) is 34.7 Å². The number of aromatic nitrogens is 2. The second-order valence-electron chi connectivity index (χ2n) is 10.2. The second-order valence-corrected chi connectivity index (χ2v) is 10.2. The summed E-state index contributed by atoms with van der Waals surface area (Å²) in [5.74, 6) is -0.971. The number of rotatable bonds is 6. The van der Waals surface area contributed by atoms with E-state index in [0.717, 1.165) is 50.2 Å². The average Bonchev–Trinajstić information content (AvgIpc) is 2.79. The van der Waals surface area contributed by atoms with Crippen LogP contribution in [0, 0.1) is 0 Å². The summed E-state index contributed by atoms with van der Waals surface area (Å²) in [7, 11) is 0. The molecule has 0 aliphatic carbocycles. The van der Waals surface area contributed by atoms with Crippen LogP contribution in [0.3, 0.4) is 0 Å². The number of piperazine rings is 1. The standard InChI is InChI=1S/C25H33N5O5/c1-25(2,3)35-22(32)5-4-10-28-11-13-29(14-12-28)18-6-7-19-17(15-18)16-26-30(24(19)34)20-8-9-21(31)27-23(20)33/h6-7,15-16,20H,4-5,8-14H2,1-3H3,(H,27,31,33). The molecule has 35 heavy (non-hydrogen) atoms. The van der Waals surface area contributed by atoms with Gasteiger partial charge < -0.3 is 9.64 Å². The largest absolute Gasteiger partial charge is 0.460 e. The highest BCUT2D eigenvalue weighted by Crippen LogP contribution is 2.23. The maximum atomic E-state index is 13.0. The number of piperidine rings is 1. The van der Waals surface area contributed by atoms with Gasteiger partial charge in [-0.15, -0.1) is 0 Å². The molecule has 0 radical (unpaired) electrons. The molecule has 2 aliphatic rings. The van der Waals surface area contributed by atoms with E-state index in [-0.39, 0.29) is 30.3 Å². The van der Waals surface area contributed by atoms with E-state index in [0.29, 0.717) is 11.8 Å². The van der Waals surface area contributed by atoms with Crippen LogP contribution in [0.5, 0.6) is 0 Å². The van der Waals surface area contributed by atoms with Crippen LogP contribution in [-0.2, 0) is 19.1 Å². The van der Waals surface area contributed by atoms with Crippen LogP contribution in [0.25, 0.3) is 10.8 Å². The molecular weight excluding hydrogens is 450 g/mol. The number of esters is 1. The van der Waals surface area contributed by atoms with Gasteiger partial charge in [0.25, 0.3) is 11.5 Å². The Morgan fingerprint density at radius 2 is 1.89 bits per heavy atom. The number of nitrogens with zero attached hydrogens (tertiary/aromatic N) is 4. The van der Waals surface area contributed by atoms with Crippen LogP contribution < -0.4 is 15.8 Å². The third kappa shape index (κ3) is 6.05. The fraction of sp³-hybridized carbons (Fsp3) is 0.560. The van der Waals surface area contributed by atoms with Crippen molar-refractivity contribution in [2.24, 2.45) is 0 Å². The normalized spacial score (nSPS) is 19.6. The first-order valence-corrected chi connectivity index (χ1v) is 12.2. The predicted octanol–water partition coefficient (Wildman–Crippen LogP) is 1.62. The molecule has 0 spiro atoms. The van der Waals surface area contributed by atoms with E-state index >= 15 is 0 Å². The highest BCUT2D eigenvalue weighted by Gasteiger charge is 2.30. The number of benzene rings is 1. The van der Waals surface area contributed by atoms with E-state index in [9.17, 15) is 19.2 Å². The van der Waals surface area contributed by atoms with E-state index in [1.54, 1.807) is 12.3 Å². The van der Waals surface area contributed by atoms with Gasteiger partial charge in [0.05, 0.1) is 11.6 Å². The molecule has 10 nitrogen and oxygen atoms in total. The van der Waals surface area contributed by atoms with Crippen molar-refractivity contribution in [1.82, 2.24) is 20.0 Å². The van der Waals surface area contributed by atoms with Gasteiger partial charge in [-0.3, -0.25) is 29.4 Å². The van der Waals surface area contributed by atoms with Gasteiger partial charge >= 0.3 is 5.97 Å². The van der Waals surface area contributed by atoms with Gasteiger partial charge in [-0.05, 0) is 58.4 Å². The fourth-order valence-electron chi connectivity index (χ4n) is 4.56. The molecule has 4 rings (SSSR count). The van der Waals surface area contributed by atoms with Crippen molar-refractivity contribution in [2.75, 3.05) is 37.6 Å². The van der Waals surface area contributed by atoms with Crippen molar-refractivity contribution < 1.29 is 19.1 Å². The Morgan fingerprint density at radius 1 is 1.14 bits per heavy atom. The number of fused-ring (bicyclic) bond motifs is 1. The summed E-state index contributed by atoms with van der Waals surface area (Å²) in [6.07, 6.45) is 3.26. The molecule has 188 valence electrons. The first kappa shape index (κ1) is 24.8. The van der Waals surface area contributed by atoms with Gasteiger partial charge in [0, 0.05) is 50.1 Å². The lowest BCUT2D eigenvalue weighted by molar-refractivity contribution is -0.155. The molecule has 0 saturated carbocycles. The maximum Gasteiger partial charge on any atom is 0.306 e. The molecule has 2 amide bonds. The third-order valence-electron chi connectivity index (χ3n) is 6.31. The predicted molar refractivity (Wildman–Crippen MR) is 131 cm³/mol. The van der Waals surface area contributed by atoms with Crippen LogP contribution in [0.15, 0.2) is 29.2 Å². The van der Waals surface area contributed by atoms with Gasteiger partial charge in [-0.1, -0.05) is 0 Å².